The average Bonchev–Trinajstić information content (AvgIpc) is 2.77. The molecule has 3 aromatic carbocycles. The van der Waals surface area contributed by atoms with Crippen LogP contribution >= 0.6 is 0 Å². The molecule has 0 fully saturated rings. The molecule has 2 N–H and O–H groups in total. The molecule has 0 bridgehead atoms. The zero-order valence-corrected chi connectivity index (χ0v) is 16.0. The van der Waals surface area contributed by atoms with Gasteiger partial charge in [-0.25, -0.2) is 0 Å². The Labute approximate surface area is 169 Å². The van der Waals surface area contributed by atoms with E-state index in [9.17, 15) is 0 Å². The lowest BCUT2D eigenvalue weighted by molar-refractivity contribution is 0.483. The van der Waals surface area contributed by atoms with Crippen LogP contribution in [-0.2, 0) is 6.42 Å². The van der Waals surface area contributed by atoms with Crippen molar-refractivity contribution in [1.82, 2.24) is 15.2 Å². The van der Waals surface area contributed by atoms with Crippen LogP contribution in [0.25, 0.3) is 0 Å². The molecule has 0 spiro atoms. The molecule has 6 nitrogen and oxygen atoms in total. The summed E-state index contributed by atoms with van der Waals surface area (Å²) in [6, 6.07) is 25.4. The van der Waals surface area contributed by atoms with Crippen LogP contribution in [-0.4, -0.2) is 15.2 Å². The first kappa shape index (κ1) is 18.4. The van der Waals surface area contributed by atoms with Crippen LogP contribution in [0.3, 0.4) is 0 Å². The molecule has 4 rings (SSSR count). The Balaban J connectivity index is 1.44. The first-order valence-corrected chi connectivity index (χ1v) is 9.45. The third kappa shape index (κ3) is 4.87. The lowest BCUT2D eigenvalue weighted by Crippen LogP contribution is -2.03. The number of nitrogens with zero attached hydrogens (tertiary/aromatic N) is 3. The predicted octanol–water partition coefficient (Wildman–Crippen LogP) is 5.71. The van der Waals surface area contributed by atoms with Crippen molar-refractivity contribution in [3.05, 3.63) is 90.6 Å². The Bertz CT molecular complexity index is 1070. The van der Waals surface area contributed by atoms with E-state index in [4.69, 9.17) is 4.74 Å². The Kier molecular flexibility index (Phi) is 5.62. The number of rotatable bonds is 7. The quantitative estimate of drug-likeness (QED) is 0.426. The maximum Gasteiger partial charge on any atom is 0.249 e. The summed E-state index contributed by atoms with van der Waals surface area (Å²) in [5, 5.41) is 14.6. The third-order valence-corrected chi connectivity index (χ3v) is 4.31. The zero-order chi connectivity index (χ0) is 19.9. The highest BCUT2D eigenvalue weighted by atomic mass is 16.5. The van der Waals surface area contributed by atoms with E-state index in [1.54, 1.807) is 6.20 Å². The summed E-state index contributed by atoms with van der Waals surface area (Å²) in [6.07, 6.45) is 2.51. The normalized spacial score (nSPS) is 10.4. The van der Waals surface area contributed by atoms with Crippen LogP contribution in [0, 0.1) is 0 Å². The van der Waals surface area contributed by atoms with E-state index in [1.807, 2.05) is 72.8 Å². The van der Waals surface area contributed by atoms with Gasteiger partial charge in [-0.1, -0.05) is 43.3 Å². The molecule has 1 aromatic heterocycles. The number of aromatic nitrogens is 3. The van der Waals surface area contributed by atoms with E-state index in [0.717, 1.165) is 29.3 Å². The first-order valence-electron chi connectivity index (χ1n) is 9.45. The van der Waals surface area contributed by atoms with Crippen LogP contribution < -0.4 is 15.4 Å². The minimum Gasteiger partial charge on any atom is -0.457 e. The number of aryl methyl sites for hydroxylation is 1. The highest BCUT2D eigenvalue weighted by Crippen LogP contribution is 2.24. The van der Waals surface area contributed by atoms with Gasteiger partial charge in [0.2, 0.25) is 5.95 Å². The highest BCUT2D eigenvalue weighted by molar-refractivity contribution is 5.61. The summed E-state index contributed by atoms with van der Waals surface area (Å²) in [5.74, 6) is 2.62. The Morgan fingerprint density at radius 1 is 0.793 bits per heavy atom. The monoisotopic (exact) mass is 383 g/mol. The number of ether oxygens (including phenoxy) is 1. The van der Waals surface area contributed by atoms with Crippen molar-refractivity contribution in [3.8, 4) is 11.5 Å². The molecule has 0 aliphatic heterocycles. The van der Waals surface area contributed by atoms with Gasteiger partial charge in [0.25, 0.3) is 0 Å². The molecule has 0 aliphatic carbocycles. The molecule has 0 unspecified atom stereocenters. The van der Waals surface area contributed by atoms with E-state index in [-0.39, 0.29) is 0 Å². The van der Waals surface area contributed by atoms with Crippen LogP contribution in [0.1, 0.15) is 12.5 Å². The Hall–Kier alpha value is -3.93. The number of anilines is 4. The summed E-state index contributed by atoms with van der Waals surface area (Å²) in [7, 11) is 0. The number of benzene rings is 3. The maximum absolute atomic E-state index is 5.82. The molecule has 144 valence electrons. The molecule has 0 atom stereocenters. The van der Waals surface area contributed by atoms with Crippen molar-refractivity contribution >= 4 is 23.1 Å². The lowest BCUT2D eigenvalue weighted by atomic mass is 10.1. The number of para-hydroxylation sites is 2. The molecule has 0 aliphatic rings. The van der Waals surface area contributed by atoms with Gasteiger partial charge in [0.1, 0.15) is 11.5 Å². The Morgan fingerprint density at radius 2 is 1.52 bits per heavy atom. The molecule has 0 amide bonds. The summed E-state index contributed by atoms with van der Waals surface area (Å²) >= 11 is 0. The smallest absolute Gasteiger partial charge is 0.249 e. The van der Waals surface area contributed by atoms with Gasteiger partial charge >= 0.3 is 0 Å². The molecule has 0 saturated heterocycles. The van der Waals surface area contributed by atoms with E-state index >= 15 is 0 Å². The molecule has 0 saturated carbocycles. The summed E-state index contributed by atoms with van der Waals surface area (Å²) in [5.41, 5.74) is 3.06. The minimum absolute atomic E-state index is 0.444. The second-order valence-electron chi connectivity index (χ2n) is 6.37. The van der Waals surface area contributed by atoms with E-state index in [0.29, 0.717) is 11.8 Å². The molecule has 4 aromatic rings. The predicted molar refractivity (Wildman–Crippen MR) is 115 cm³/mol. The first-order chi connectivity index (χ1) is 14.3. The van der Waals surface area contributed by atoms with Crippen molar-refractivity contribution in [3.63, 3.8) is 0 Å². The van der Waals surface area contributed by atoms with Crippen molar-refractivity contribution in [2.75, 3.05) is 10.6 Å². The van der Waals surface area contributed by atoms with Gasteiger partial charge in [0.15, 0.2) is 5.82 Å². The molecule has 6 heteroatoms. The van der Waals surface area contributed by atoms with Gasteiger partial charge in [-0.15, -0.1) is 5.10 Å². The lowest BCUT2D eigenvalue weighted by Gasteiger charge is -2.11. The minimum atomic E-state index is 0.444. The van der Waals surface area contributed by atoms with E-state index in [2.05, 4.69) is 38.8 Å². The Morgan fingerprint density at radius 3 is 2.31 bits per heavy atom. The van der Waals surface area contributed by atoms with Gasteiger partial charge in [0, 0.05) is 11.4 Å². The SMILES string of the molecule is CCc1ccccc1Nc1nncc(Nc2ccc(Oc3ccccc3)cc2)n1. The van der Waals surface area contributed by atoms with E-state index < -0.39 is 0 Å². The summed E-state index contributed by atoms with van der Waals surface area (Å²) in [6.45, 7) is 2.11. The molecule has 1 heterocycles. The molecular formula is C23H21N5O. The second kappa shape index (κ2) is 8.84. The topological polar surface area (TPSA) is 72.0 Å². The maximum atomic E-state index is 5.82. The zero-order valence-electron chi connectivity index (χ0n) is 16.0. The van der Waals surface area contributed by atoms with Gasteiger partial charge in [-0.05, 0) is 54.4 Å². The average molecular weight is 383 g/mol. The van der Waals surface area contributed by atoms with Gasteiger partial charge in [0.05, 0.1) is 6.20 Å². The van der Waals surface area contributed by atoms with Gasteiger partial charge in [-0.2, -0.15) is 10.1 Å². The number of hydrogen-bond donors (Lipinski definition) is 2. The second-order valence-corrected chi connectivity index (χ2v) is 6.37. The van der Waals surface area contributed by atoms with Crippen molar-refractivity contribution in [2.24, 2.45) is 0 Å². The fourth-order valence-corrected chi connectivity index (χ4v) is 2.87. The molecule has 0 radical (unpaired) electrons. The fourth-order valence-electron chi connectivity index (χ4n) is 2.87. The standard InChI is InChI=1S/C23H21N5O/c1-2-17-8-6-7-11-21(17)26-23-27-22(16-24-28-23)25-18-12-14-20(15-13-18)29-19-9-4-3-5-10-19/h3-16H,2H2,1H3,(H2,25,26,27,28). The van der Waals surface area contributed by atoms with Crippen molar-refractivity contribution < 1.29 is 4.74 Å². The molecule has 29 heavy (non-hydrogen) atoms. The fraction of sp³-hybridized carbons (Fsp3) is 0.0870. The summed E-state index contributed by atoms with van der Waals surface area (Å²) in [4.78, 5) is 4.50. The van der Waals surface area contributed by atoms with Gasteiger partial charge in [-0.3, -0.25) is 0 Å². The van der Waals surface area contributed by atoms with Crippen molar-refractivity contribution in [2.45, 2.75) is 13.3 Å². The third-order valence-electron chi connectivity index (χ3n) is 4.31. The van der Waals surface area contributed by atoms with Crippen LogP contribution in [0.4, 0.5) is 23.1 Å². The van der Waals surface area contributed by atoms with Crippen LogP contribution in [0.5, 0.6) is 11.5 Å². The largest absolute Gasteiger partial charge is 0.457 e. The summed E-state index contributed by atoms with van der Waals surface area (Å²) < 4.78 is 5.82. The van der Waals surface area contributed by atoms with Crippen LogP contribution in [0.15, 0.2) is 85.1 Å². The number of hydrogen-bond acceptors (Lipinski definition) is 6. The van der Waals surface area contributed by atoms with Crippen LogP contribution in [0.2, 0.25) is 0 Å². The van der Waals surface area contributed by atoms with Crippen molar-refractivity contribution in [1.29, 1.82) is 0 Å². The molecular weight excluding hydrogens is 362 g/mol. The number of nitrogens with one attached hydrogen (secondary N) is 2. The van der Waals surface area contributed by atoms with Gasteiger partial charge < -0.3 is 15.4 Å². The highest BCUT2D eigenvalue weighted by Gasteiger charge is 2.05. The van der Waals surface area contributed by atoms with E-state index in [1.165, 1.54) is 5.56 Å².